The number of sulfonamides is 1. The molecule has 22 heavy (non-hydrogen) atoms. The highest BCUT2D eigenvalue weighted by atomic mass is 32.2. The highest BCUT2D eigenvalue weighted by Gasteiger charge is 2.34. The number of hydrogen-bond donors (Lipinski definition) is 0. The summed E-state index contributed by atoms with van der Waals surface area (Å²) in [5, 5.41) is 0.0327. The summed E-state index contributed by atoms with van der Waals surface area (Å²) in [7, 11) is -3.62. The molecule has 1 aromatic carbocycles. The second kappa shape index (κ2) is 5.85. The predicted octanol–water partition coefficient (Wildman–Crippen LogP) is 3.07. The molecule has 0 radical (unpaired) electrons. The van der Waals surface area contributed by atoms with Crippen LogP contribution in [0.1, 0.15) is 25.7 Å². The Balaban J connectivity index is 2.04. The molecular weight excluding hydrogens is 300 g/mol. The third kappa shape index (κ3) is 2.80. The van der Waals surface area contributed by atoms with Gasteiger partial charge in [0.05, 0.1) is 0 Å². The average molecular weight is 320 g/mol. The summed E-state index contributed by atoms with van der Waals surface area (Å²) in [6, 6.07) is 9.25. The van der Waals surface area contributed by atoms with Gasteiger partial charge in [-0.1, -0.05) is 37.3 Å². The van der Waals surface area contributed by atoms with Crippen molar-refractivity contribution in [1.29, 1.82) is 0 Å². The molecule has 0 saturated carbocycles. The number of hydrogen-bond acceptors (Lipinski definition) is 4. The summed E-state index contributed by atoms with van der Waals surface area (Å²) in [4.78, 5) is 4.16. The van der Waals surface area contributed by atoms with Crippen LogP contribution < -0.4 is 0 Å². The number of oxazole rings is 1. The van der Waals surface area contributed by atoms with E-state index in [0.717, 1.165) is 18.4 Å². The van der Waals surface area contributed by atoms with Crippen molar-refractivity contribution in [2.45, 2.75) is 31.7 Å². The topological polar surface area (TPSA) is 63.4 Å². The number of rotatable bonds is 3. The predicted molar refractivity (Wildman–Crippen MR) is 83.8 cm³/mol. The smallest absolute Gasteiger partial charge is 0.264 e. The fraction of sp³-hybridized carbons (Fsp3) is 0.438. The molecule has 1 aromatic heterocycles. The Morgan fingerprint density at radius 2 is 2.00 bits per heavy atom. The van der Waals surface area contributed by atoms with Gasteiger partial charge in [0.15, 0.2) is 11.7 Å². The molecule has 1 atom stereocenters. The van der Waals surface area contributed by atoms with Gasteiger partial charge in [0.2, 0.25) is 5.03 Å². The van der Waals surface area contributed by atoms with E-state index >= 15 is 0 Å². The van der Waals surface area contributed by atoms with Crippen molar-refractivity contribution in [2.24, 2.45) is 5.92 Å². The molecule has 6 heteroatoms. The van der Waals surface area contributed by atoms with Gasteiger partial charge in [0.25, 0.3) is 10.0 Å². The zero-order valence-electron chi connectivity index (χ0n) is 12.8. The first-order valence-corrected chi connectivity index (χ1v) is 8.95. The average Bonchev–Trinajstić information content (AvgIpc) is 2.91. The van der Waals surface area contributed by atoms with Crippen LogP contribution in [0.3, 0.4) is 0 Å². The minimum absolute atomic E-state index is 0.0327. The maximum atomic E-state index is 12.9. The van der Waals surface area contributed by atoms with Crippen LogP contribution in [0.15, 0.2) is 39.8 Å². The fourth-order valence-corrected chi connectivity index (χ4v) is 4.54. The van der Waals surface area contributed by atoms with Gasteiger partial charge in [-0.15, -0.1) is 0 Å². The van der Waals surface area contributed by atoms with Gasteiger partial charge in [0.1, 0.15) is 0 Å². The number of benzene rings is 1. The van der Waals surface area contributed by atoms with Gasteiger partial charge >= 0.3 is 0 Å². The number of nitrogens with zero attached hydrogens (tertiary/aromatic N) is 2. The van der Waals surface area contributed by atoms with Gasteiger partial charge in [-0.25, -0.2) is 13.4 Å². The Morgan fingerprint density at radius 1 is 1.27 bits per heavy atom. The van der Waals surface area contributed by atoms with E-state index in [0.29, 0.717) is 30.7 Å². The Labute approximate surface area is 131 Å². The molecule has 0 spiro atoms. The molecule has 0 aliphatic carbocycles. The first kappa shape index (κ1) is 15.2. The summed E-state index contributed by atoms with van der Waals surface area (Å²) in [6.07, 6.45) is 1.95. The third-order valence-electron chi connectivity index (χ3n) is 3.94. The SMILES string of the molecule is Cc1nc(S(=O)(=O)N2CCC[C@H](C)C2)c(-c2ccccc2)o1. The molecule has 1 aliphatic rings. The minimum atomic E-state index is -3.62. The molecule has 2 aromatic rings. The zero-order chi connectivity index (χ0) is 15.7. The van der Waals surface area contributed by atoms with Crippen molar-refractivity contribution in [3.63, 3.8) is 0 Å². The van der Waals surface area contributed by atoms with E-state index in [1.807, 2.05) is 30.3 Å². The highest BCUT2D eigenvalue weighted by molar-refractivity contribution is 7.89. The van der Waals surface area contributed by atoms with E-state index < -0.39 is 10.0 Å². The Kier molecular flexibility index (Phi) is 4.06. The van der Waals surface area contributed by atoms with Crippen molar-refractivity contribution >= 4 is 10.0 Å². The zero-order valence-corrected chi connectivity index (χ0v) is 13.6. The summed E-state index contributed by atoms with van der Waals surface area (Å²) in [6.45, 7) is 4.84. The normalized spacial score (nSPS) is 20.2. The van der Waals surface area contributed by atoms with Crippen LogP contribution in [0.4, 0.5) is 0 Å². The molecule has 0 unspecified atom stereocenters. The first-order chi connectivity index (χ1) is 10.5. The summed E-state index contributed by atoms with van der Waals surface area (Å²) < 4.78 is 33.0. The number of piperidine rings is 1. The summed E-state index contributed by atoms with van der Waals surface area (Å²) >= 11 is 0. The molecular formula is C16H20N2O3S. The monoisotopic (exact) mass is 320 g/mol. The van der Waals surface area contributed by atoms with Gasteiger partial charge in [-0.3, -0.25) is 0 Å². The Bertz CT molecular complexity index is 753. The van der Waals surface area contributed by atoms with Crippen molar-refractivity contribution < 1.29 is 12.8 Å². The second-order valence-electron chi connectivity index (χ2n) is 5.84. The summed E-state index contributed by atoms with van der Waals surface area (Å²) in [5.74, 6) is 1.07. The van der Waals surface area contributed by atoms with Gasteiger partial charge in [0, 0.05) is 25.6 Å². The maximum Gasteiger partial charge on any atom is 0.264 e. The molecule has 2 heterocycles. The standard InChI is InChI=1S/C16H20N2O3S/c1-12-7-6-10-18(11-12)22(19,20)16-15(21-13(2)17-16)14-8-4-3-5-9-14/h3-5,8-9,12H,6-7,10-11H2,1-2H3/t12-/m0/s1. The van der Waals surface area contributed by atoms with Crippen molar-refractivity contribution in [3.05, 3.63) is 36.2 Å². The van der Waals surface area contributed by atoms with Crippen molar-refractivity contribution in [1.82, 2.24) is 9.29 Å². The lowest BCUT2D eigenvalue weighted by atomic mass is 10.0. The molecule has 118 valence electrons. The fourth-order valence-electron chi connectivity index (χ4n) is 2.84. The van der Waals surface area contributed by atoms with E-state index in [2.05, 4.69) is 11.9 Å². The molecule has 1 aliphatic heterocycles. The molecule has 1 fully saturated rings. The van der Waals surface area contributed by atoms with Crippen molar-refractivity contribution in [2.75, 3.05) is 13.1 Å². The van der Waals surface area contributed by atoms with Gasteiger partial charge < -0.3 is 4.42 Å². The van der Waals surface area contributed by atoms with Crippen LogP contribution in [0, 0.1) is 12.8 Å². The van der Waals surface area contributed by atoms with Crippen LogP contribution in [-0.2, 0) is 10.0 Å². The second-order valence-corrected chi connectivity index (χ2v) is 7.70. The first-order valence-electron chi connectivity index (χ1n) is 7.51. The highest BCUT2D eigenvalue weighted by Crippen LogP contribution is 2.31. The number of aromatic nitrogens is 1. The van der Waals surface area contributed by atoms with Crippen molar-refractivity contribution in [3.8, 4) is 11.3 Å². The molecule has 5 nitrogen and oxygen atoms in total. The molecule has 0 bridgehead atoms. The van der Waals surface area contributed by atoms with E-state index in [1.165, 1.54) is 4.31 Å². The van der Waals surface area contributed by atoms with Gasteiger partial charge in [-0.05, 0) is 18.8 Å². The molecule has 0 amide bonds. The van der Waals surface area contributed by atoms with Crippen LogP contribution in [-0.4, -0.2) is 30.8 Å². The molecule has 3 rings (SSSR count). The van der Waals surface area contributed by atoms with E-state index in [-0.39, 0.29) is 5.03 Å². The van der Waals surface area contributed by atoms with E-state index in [1.54, 1.807) is 6.92 Å². The quantitative estimate of drug-likeness (QED) is 0.872. The lowest BCUT2D eigenvalue weighted by Gasteiger charge is -2.29. The molecule has 0 N–H and O–H groups in total. The van der Waals surface area contributed by atoms with Gasteiger partial charge in [-0.2, -0.15) is 4.31 Å². The minimum Gasteiger partial charge on any atom is -0.440 e. The largest absolute Gasteiger partial charge is 0.440 e. The molecule has 1 saturated heterocycles. The van der Waals surface area contributed by atoms with E-state index in [4.69, 9.17) is 4.42 Å². The van der Waals surface area contributed by atoms with Crippen LogP contribution in [0.5, 0.6) is 0 Å². The number of aryl methyl sites for hydroxylation is 1. The Morgan fingerprint density at radius 3 is 2.68 bits per heavy atom. The summed E-state index contributed by atoms with van der Waals surface area (Å²) in [5.41, 5.74) is 0.728. The third-order valence-corrected chi connectivity index (χ3v) is 5.72. The lowest BCUT2D eigenvalue weighted by molar-refractivity contribution is 0.280. The van der Waals surface area contributed by atoms with E-state index in [9.17, 15) is 8.42 Å². The van der Waals surface area contributed by atoms with Crippen LogP contribution >= 0.6 is 0 Å². The lowest BCUT2D eigenvalue weighted by Crippen LogP contribution is -2.39. The Hall–Kier alpha value is -1.66. The van der Waals surface area contributed by atoms with Crippen LogP contribution in [0.25, 0.3) is 11.3 Å². The van der Waals surface area contributed by atoms with Crippen LogP contribution in [0.2, 0.25) is 0 Å². The maximum absolute atomic E-state index is 12.9.